The van der Waals surface area contributed by atoms with Gasteiger partial charge in [0.05, 0.1) is 30.0 Å². The van der Waals surface area contributed by atoms with Crippen LogP contribution >= 0.6 is 11.8 Å². The number of aromatic nitrogens is 3. The Morgan fingerprint density at radius 3 is 2.51 bits per heavy atom. The number of carbonyl (C=O) groups is 1. The second kappa shape index (κ2) is 12.2. The molecule has 4 rings (SSSR count). The molecule has 0 saturated heterocycles. The lowest BCUT2D eigenvalue weighted by molar-refractivity contribution is -0.118. The fraction of sp³-hybridized carbons (Fsp3) is 0.269. The van der Waals surface area contributed by atoms with Crippen molar-refractivity contribution in [2.75, 3.05) is 18.8 Å². The first-order chi connectivity index (χ1) is 17.9. The molecular formula is C26H29N5O4S2. The summed E-state index contributed by atoms with van der Waals surface area (Å²) < 4.78 is 34.8. The molecule has 11 heteroatoms. The van der Waals surface area contributed by atoms with Crippen LogP contribution in [-0.4, -0.2) is 52.2 Å². The van der Waals surface area contributed by atoms with Crippen LogP contribution in [0.5, 0.6) is 0 Å². The number of benzene rings is 2. The number of carbonyl (C=O) groups excluding carboxylic acids is 1. The second-order valence-electron chi connectivity index (χ2n) is 8.14. The van der Waals surface area contributed by atoms with Gasteiger partial charge < -0.3 is 9.73 Å². The predicted molar refractivity (Wildman–Crippen MR) is 142 cm³/mol. The summed E-state index contributed by atoms with van der Waals surface area (Å²) in [6.45, 7) is 5.17. The molecule has 0 saturated carbocycles. The van der Waals surface area contributed by atoms with E-state index in [2.05, 4.69) is 15.5 Å². The third-order valence-corrected chi connectivity index (χ3v) is 8.72. The molecule has 37 heavy (non-hydrogen) atoms. The van der Waals surface area contributed by atoms with Crippen molar-refractivity contribution < 1.29 is 17.6 Å². The molecule has 0 aliphatic rings. The molecule has 0 radical (unpaired) electrons. The van der Waals surface area contributed by atoms with Crippen molar-refractivity contribution in [1.82, 2.24) is 24.4 Å². The predicted octanol–water partition coefficient (Wildman–Crippen LogP) is 4.03. The molecule has 4 aromatic rings. The molecule has 0 bridgehead atoms. The number of nitrogens with zero attached hydrogens (tertiary/aromatic N) is 4. The Morgan fingerprint density at radius 2 is 1.81 bits per heavy atom. The van der Waals surface area contributed by atoms with Gasteiger partial charge >= 0.3 is 0 Å². The summed E-state index contributed by atoms with van der Waals surface area (Å²) in [5, 5.41) is 12.1. The van der Waals surface area contributed by atoms with Crippen molar-refractivity contribution in [1.29, 1.82) is 0 Å². The van der Waals surface area contributed by atoms with Gasteiger partial charge in [-0.15, -0.1) is 10.2 Å². The van der Waals surface area contributed by atoms with Crippen LogP contribution in [0, 0.1) is 0 Å². The molecule has 0 spiro atoms. The first kappa shape index (κ1) is 26.6. The summed E-state index contributed by atoms with van der Waals surface area (Å²) in [6, 6.07) is 20.1. The molecule has 2 aromatic carbocycles. The number of hydrogen-bond acceptors (Lipinski definition) is 7. The molecule has 2 aromatic heterocycles. The molecule has 0 atom stereocenters. The Hall–Kier alpha value is -3.41. The minimum atomic E-state index is -3.63. The largest absolute Gasteiger partial charge is 0.467 e. The van der Waals surface area contributed by atoms with Gasteiger partial charge in [-0.05, 0) is 29.8 Å². The Kier molecular flexibility index (Phi) is 8.80. The van der Waals surface area contributed by atoms with Crippen molar-refractivity contribution in [2.45, 2.75) is 37.0 Å². The molecule has 0 aliphatic carbocycles. The summed E-state index contributed by atoms with van der Waals surface area (Å²) in [5.74, 6) is 1.18. The average Bonchev–Trinajstić information content (AvgIpc) is 3.58. The SMILES string of the molecule is CCN(CC)S(=O)(=O)c1cccc(-c2nnc(SCC(=O)NCc3ccco3)n2Cc2ccccc2)c1. The number of amides is 1. The lowest BCUT2D eigenvalue weighted by Crippen LogP contribution is -2.30. The molecule has 2 heterocycles. The summed E-state index contributed by atoms with van der Waals surface area (Å²) in [6.07, 6.45) is 1.56. The average molecular weight is 540 g/mol. The zero-order valence-electron chi connectivity index (χ0n) is 20.7. The van der Waals surface area contributed by atoms with Crippen LogP contribution in [0.1, 0.15) is 25.2 Å². The van der Waals surface area contributed by atoms with Gasteiger partial charge in [0.2, 0.25) is 15.9 Å². The van der Waals surface area contributed by atoms with Crippen molar-refractivity contribution in [2.24, 2.45) is 0 Å². The number of hydrogen-bond donors (Lipinski definition) is 1. The molecule has 0 aliphatic heterocycles. The van der Waals surface area contributed by atoms with Crippen molar-refractivity contribution in [3.8, 4) is 11.4 Å². The van der Waals surface area contributed by atoms with Gasteiger partial charge in [0.25, 0.3) is 0 Å². The Labute approximate surface area is 220 Å². The molecule has 1 N–H and O–H groups in total. The van der Waals surface area contributed by atoms with E-state index in [0.717, 1.165) is 5.56 Å². The van der Waals surface area contributed by atoms with Gasteiger partial charge in [0, 0.05) is 18.7 Å². The third-order valence-electron chi connectivity index (χ3n) is 5.71. The van der Waals surface area contributed by atoms with E-state index in [9.17, 15) is 13.2 Å². The van der Waals surface area contributed by atoms with E-state index in [4.69, 9.17) is 4.42 Å². The number of furan rings is 1. The van der Waals surface area contributed by atoms with Gasteiger partial charge in [-0.2, -0.15) is 4.31 Å². The van der Waals surface area contributed by atoms with Gasteiger partial charge in [-0.3, -0.25) is 9.36 Å². The van der Waals surface area contributed by atoms with Crippen LogP contribution in [0.15, 0.2) is 87.5 Å². The molecule has 0 unspecified atom stereocenters. The molecule has 0 fully saturated rings. The zero-order chi connectivity index (χ0) is 26.3. The van der Waals surface area contributed by atoms with Crippen LogP contribution in [0.4, 0.5) is 0 Å². The minimum Gasteiger partial charge on any atom is -0.467 e. The zero-order valence-corrected chi connectivity index (χ0v) is 22.3. The highest BCUT2D eigenvalue weighted by atomic mass is 32.2. The third kappa shape index (κ3) is 6.48. The maximum Gasteiger partial charge on any atom is 0.243 e. The van der Waals surface area contributed by atoms with E-state index in [1.54, 1.807) is 36.6 Å². The standard InChI is InChI=1S/C26H29N5O4S2/c1-3-30(4-2)37(33,34)23-14-8-12-21(16-23)25-28-29-26(31(25)18-20-10-6-5-7-11-20)36-19-24(32)27-17-22-13-9-15-35-22/h5-16H,3-4,17-19H2,1-2H3,(H,27,32). The monoisotopic (exact) mass is 539 g/mol. The molecule has 1 amide bonds. The number of sulfonamides is 1. The Balaban J connectivity index is 1.61. The maximum atomic E-state index is 13.1. The van der Waals surface area contributed by atoms with E-state index >= 15 is 0 Å². The smallest absolute Gasteiger partial charge is 0.243 e. The number of nitrogens with one attached hydrogen (secondary N) is 1. The highest BCUT2D eigenvalue weighted by molar-refractivity contribution is 7.99. The van der Waals surface area contributed by atoms with Crippen LogP contribution in [0.25, 0.3) is 11.4 Å². The summed E-state index contributed by atoms with van der Waals surface area (Å²) >= 11 is 1.27. The van der Waals surface area contributed by atoms with E-state index < -0.39 is 10.0 Å². The lowest BCUT2D eigenvalue weighted by Gasteiger charge is -2.19. The van der Waals surface area contributed by atoms with Crippen molar-refractivity contribution in [3.05, 3.63) is 84.3 Å². The highest BCUT2D eigenvalue weighted by Gasteiger charge is 2.23. The van der Waals surface area contributed by atoms with E-state index in [0.29, 0.717) is 48.5 Å². The maximum absolute atomic E-state index is 13.1. The van der Waals surface area contributed by atoms with Gasteiger partial charge in [0.1, 0.15) is 5.76 Å². The first-order valence-electron chi connectivity index (χ1n) is 11.9. The quantitative estimate of drug-likeness (QED) is 0.271. The fourth-order valence-corrected chi connectivity index (χ4v) is 6.08. The van der Waals surface area contributed by atoms with Crippen LogP contribution in [0.3, 0.4) is 0 Å². The van der Waals surface area contributed by atoms with Gasteiger partial charge in [0.15, 0.2) is 11.0 Å². The molecule has 9 nitrogen and oxygen atoms in total. The number of rotatable bonds is 12. The van der Waals surface area contributed by atoms with E-state index in [1.165, 1.54) is 16.1 Å². The van der Waals surface area contributed by atoms with Gasteiger partial charge in [-0.25, -0.2) is 8.42 Å². The minimum absolute atomic E-state index is 0.143. The summed E-state index contributed by atoms with van der Waals surface area (Å²) in [7, 11) is -3.63. The number of thioether (sulfide) groups is 1. The topological polar surface area (TPSA) is 110 Å². The fourth-order valence-electron chi connectivity index (χ4n) is 3.81. The van der Waals surface area contributed by atoms with E-state index in [1.807, 2.05) is 54.8 Å². The summed E-state index contributed by atoms with van der Waals surface area (Å²) in [5.41, 5.74) is 1.66. The van der Waals surface area contributed by atoms with E-state index in [-0.39, 0.29) is 16.6 Å². The van der Waals surface area contributed by atoms with Crippen molar-refractivity contribution in [3.63, 3.8) is 0 Å². The Bertz CT molecular complexity index is 1420. The van der Waals surface area contributed by atoms with Crippen LogP contribution < -0.4 is 5.32 Å². The first-order valence-corrected chi connectivity index (χ1v) is 14.3. The second-order valence-corrected chi connectivity index (χ2v) is 11.0. The normalized spacial score (nSPS) is 11.6. The Morgan fingerprint density at radius 1 is 1.03 bits per heavy atom. The lowest BCUT2D eigenvalue weighted by atomic mass is 10.2. The highest BCUT2D eigenvalue weighted by Crippen LogP contribution is 2.28. The van der Waals surface area contributed by atoms with Crippen LogP contribution in [-0.2, 0) is 27.9 Å². The summed E-state index contributed by atoms with van der Waals surface area (Å²) in [4.78, 5) is 12.6. The van der Waals surface area contributed by atoms with Gasteiger partial charge in [-0.1, -0.05) is 68.1 Å². The van der Waals surface area contributed by atoms with Crippen molar-refractivity contribution >= 4 is 27.7 Å². The molecular weight excluding hydrogens is 510 g/mol. The van der Waals surface area contributed by atoms with Crippen LogP contribution in [0.2, 0.25) is 0 Å². The molecule has 194 valence electrons.